The zero-order chi connectivity index (χ0) is 10.6. The van der Waals surface area contributed by atoms with Crippen LogP contribution in [-0.4, -0.2) is 14.2 Å². The van der Waals surface area contributed by atoms with Gasteiger partial charge in [0, 0.05) is 11.6 Å². The highest BCUT2D eigenvalue weighted by atomic mass is 35.5. The Morgan fingerprint density at radius 3 is 2.50 bits per heavy atom. The van der Waals surface area contributed by atoms with Crippen molar-refractivity contribution in [3.8, 4) is 11.5 Å². The monoisotopic (exact) mass is 214 g/mol. The average Bonchev–Trinajstić information content (AvgIpc) is 2.27. The fourth-order valence-electron chi connectivity index (χ4n) is 1.30. The molecule has 0 saturated heterocycles. The molecule has 1 unspecified atom stereocenters. The summed E-state index contributed by atoms with van der Waals surface area (Å²) in [5.74, 6) is 1.57. The van der Waals surface area contributed by atoms with Crippen LogP contribution in [0.2, 0.25) is 0 Å². The molecule has 1 aromatic carbocycles. The van der Waals surface area contributed by atoms with Crippen LogP contribution < -0.4 is 9.47 Å². The van der Waals surface area contributed by atoms with E-state index in [9.17, 15) is 0 Å². The van der Waals surface area contributed by atoms with Gasteiger partial charge in [0.2, 0.25) is 0 Å². The van der Waals surface area contributed by atoms with Gasteiger partial charge in [-0.15, -0.1) is 11.6 Å². The summed E-state index contributed by atoms with van der Waals surface area (Å²) in [5, 5.41) is -0.00384. The van der Waals surface area contributed by atoms with Crippen LogP contribution in [0, 0.1) is 0 Å². The van der Waals surface area contributed by atoms with Gasteiger partial charge in [-0.25, -0.2) is 0 Å². The summed E-state index contributed by atoms with van der Waals surface area (Å²) in [6.45, 7) is 2.04. The van der Waals surface area contributed by atoms with Crippen molar-refractivity contribution in [3.05, 3.63) is 23.8 Å². The third-order valence-corrected chi connectivity index (χ3v) is 2.68. The Balaban J connectivity index is 3.04. The molecule has 0 aliphatic heterocycles. The van der Waals surface area contributed by atoms with Crippen molar-refractivity contribution in [1.29, 1.82) is 0 Å². The van der Waals surface area contributed by atoms with Gasteiger partial charge in [-0.1, -0.05) is 13.0 Å². The Bertz CT molecular complexity index is 299. The Hall–Kier alpha value is -0.890. The Morgan fingerprint density at radius 1 is 1.29 bits per heavy atom. The van der Waals surface area contributed by atoms with E-state index in [0.717, 1.165) is 23.5 Å². The lowest BCUT2D eigenvalue weighted by Gasteiger charge is -2.13. The number of ether oxygens (including phenoxy) is 2. The van der Waals surface area contributed by atoms with Gasteiger partial charge in [0.15, 0.2) is 0 Å². The second-order valence-corrected chi connectivity index (χ2v) is 3.51. The zero-order valence-corrected chi connectivity index (χ0v) is 9.47. The SMILES string of the molecule is CCC(Cl)c1ccc(OC)cc1OC. The Kier molecular flexibility index (Phi) is 4.08. The first kappa shape index (κ1) is 11.2. The van der Waals surface area contributed by atoms with Crippen LogP contribution in [-0.2, 0) is 0 Å². The van der Waals surface area contributed by atoms with Crippen LogP contribution in [0.4, 0.5) is 0 Å². The molecule has 0 aliphatic rings. The van der Waals surface area contributed by atoms with Crippen LogP contribution in [0.3, 0.4) is 0 Å². The van der Waals surface area contributed by atoms with Gasteiger partial charge >= 0.3 is 0 Å². The number of hydrogen-bond donors (Lipinski definition) is 0. The molecular weight excluding hydrogens is 200 g/mol. The summed E-state index contributed by atoms with van der Waals surface area (Å²) in [6.07, 6.45) is 0.879. The second-order valence-electron chi connectivity index (χ2n) is 2.98. The lowest BCUT2D eigenvalue weighted by atomic mass is 10.1. The molecule has 0 amide bonds. The van der Waals surface area contributed by atoms with Crippen molar-refractivity contribution >= 4 is 11.6 Å². The summed E-state index contributed by atoms with van der Waals surface area (Å²) < 4.78 is 10.3. The Morgan fingerprint density at radius 2 is 2.00 bits per heavy atom. The van der Waals surface area contributed by atoms with Crippen LogP contribution >= 0.6 is 11.6 Å². The minimum atomic E-state index is -0.00384. The first-order valence-corrected chi connectivity index (χ1v) is 5.02. The molecule has 2 nitrogen and oxygen atoms in total. The average molecular weight is 215 g/mol. The maximum absolute atomic E-state index is 6.15. The smallest absolute Gasteiger partial charge is 0.127 e. The molecule has 0 radical (unpaired) electrons. The van der Waals surface area contributed by atoms with E-state index in [4.69, 9.17) is 21.1 Å². The molecule has 0 saturated carbocycles. The number of halogens is 1. The molecule has 0 fully saturated rings. The van der Waals surface area contributed by atoms with Gasteiger partial charge in [-0.3, -0.25) is 0 Å². The van der Waals surface area contributed by atoms with Gasteiger partial charge in [0.25, 0.3) is 0 Å². The quantitative estimate of drug-likeness (QED) is 0.716. The summed E-state index contributed by atoms with van der Waals surface area (Å²) in [6, 6.07) is 5.68. The largest absolute Gasteiger partial charge is 0.497 e. The fourth-order valence-corrected chi connectivity index (χ4v) is 1.48. The van der Waals surface area contributed by atoms with Crippen LogP contribution in [0.25, 0.3) is 0 Å². The summed E-state index contributed by atoms with van der Waals surface area (Å²) in [7, 11) is 3.27. The van der Waals surface area contributed by atoms with E-state index < -0.39 is 0 Å². The standard InChI is InChI=1S/C11H15ClO2/c1-4-10(12)9-6-5-8(13-2)7-11(9)14-3/h5-7,10H,4H2,1-3H3. The number of rotatable bonds is 4. The van der Waals surface area contributed by atoms with Crippen molar-refractivity contribution in [1.82, 2.24) is 0 Å². The summed E-state index contributed by atoms with van der Waals surface area (Å²) in [4.78, 5) is 0. The number of benzene rings is 1. The molecule has 0 aromatic heterocycles. The molecule has 1 rings (SSSR count). The fraction of sp³-hybridized carbons (Fsp3) is 0.455. The molecule has 1 aromatic rings. The third-order valence-electron chi connectivity index (χ3n) is 2.14. The third kappa shape index (κ3) is 2.32. The second kappa shape index (κ2) is 5.11. The van der Waals surface area contributed by atoms with Crippen LogP contribution in [0.5, 0.6) is 11.5 Å². The van der Waals surface area contributed by atoms with Gasteiger partial charge in [-0.05, 0) is 12.5 Å². The van der Waals surface area contributed by atoms with Gasteiger partial charge in [-0.2, -0.15) is 0 Å². The first-order valence-electron chi connectivity index (χ1n) is 4.59. The van der Waals surface area contributed by atoms with Crippen molar-refractivity contribution in [2.45, 2.75) is 18.7 Å². The van der Waals surface area contributed by atoms with E-state index >= 15 is 0 Å². The van der Waals surface area contributed by atoms with Crippen LogP contribution in [0.15, 0.2) is 18.2 Å². The van der Waals surface area contributed by atoms with Gasteiger partial charge < -0.3 is 9.47 Å². The minimum absolute atomic E-state index is 0.00384. The molecule has 0 aliphatic carbocycles. The number of alkyl halides is 1. The number of hydrogen-bond acceptors (Lipinski definition) is 2. The molecule has 0 spiro atoms. The molecule has 0 heterocycles. The van der Waals surface area contributed by atoms with Crippen molar-refractivity contribution in [2.24, 2.45) is 0 Å². The summed E-state index contributed by atoms with van der Waals surface area (Å²) >= 11 is 6.15. The van der Waals surface area contributed by atoms with Crippen molar-refractivity contribution in [2.75, 3.05) is 14.2 Å². The molecule has 14 heavy (non-hydrogen) atoms. The lowest BCUT2D eigenvalue weighted by molar-refractivity contribution is 0.390. The maximum atomic E-state index is 6.15. The normalized spacial score (nSPS) is 12.3. The molecule has 78 valence electrons. The highest BCUT2D eigenvalue weighted by Gasteiger charge is 2.12. The van der Waals surface area contributed by atoms with E-state index in [0.29, 0.717) is 0 Å². The van der Waals surface area contributed by atoms with Gasteiger partial charge in [0.05, 0.1) is 19.6 Å². The minimum Gasteiger partial charge on any atom is -0.497 e. The highest BCUT2D eigenvalue weighted by molar-refractivity contribution is 6.21. The Labute approximate surface area is 89.8 Å². The predicted octanol–water partition coefficient (Wildman–Crippen LogP) is 3.39. The molecule has 0 bridgehead atoms. The van der Waals surface area contributed by atoms with E-state index in [2.05, 4.69) is 0 Å². The predicted molar refractivity (Wildman–Crippen MR) is 58.4 cm³/mol. The first-order chi connectivity index (χ1) is 6.72. The van der Waals surface area contributed by atoms with Crippen LogP contribution in [0.1, 0.15) is 24.3 Å². The van der Waals surface area contributed by atoms with E-state index in [-0.39, 0.29) is 5.38 Å². The van der Waals surface area contributed by atoms with E-state index in [1.165, 1.54) is 0 Å². The lowest BCUT2D eigenvalue weighted by Crippen LogP contribution is -1.95. The zero-order valence-electron chi connectivity index (χ0n) is 8.71. The van der Waals surface area contributed by atoms with E-state index in [1.807, 2.05) is 25.1 Å². The maximum Gasteiger partial charge on any atom is 0.127 e. The molecular formula is C11H15ClO2. The molecule has 0 N–H and O–H groups in total. The van der Waals surface area contributed by atoms with E-state index in [1.54, 1.807) is 14.2 Å². The number of methoxy groups -OCH3 is 2. The topological polar surface area (TPSA) is 18.5 Å². The highest BCUT2D eigenvalue weighted by Crippen LogP contribution is 2.34. The molecule has 1 atom stereocenters. The molecule has 3 heteroatoms. The van der Waals surface area contributed by atoms with Crippen molar-refractivity contribution in [3.63, 3.8) is 0 Å². The van der Waals surface area contributed by atoms with Crippen molar-refractivity contribution < 1.29 is 9.47 Å². The summed E-state index contributed by atoms with van der Waals surface area (Å²) in [5.41, 5.74) is 1.01. The van der Waals surface area contributed by atoms with Gasteiger partial charge in [0.1, 0.15) is 11.5 Å².